The smallest absolute Gasteiger partial charge is 0.187 e. The molecule has 0 amide bonds. The molecule has 2 rings (SSSR count). The van der Waals surface area contributed by atoms with Gasteiger partial charge in [0, 0.05) is 7.11 Å². The number of ether oxygens (including phenoxy) is 4. The Morgan fingerprint density at radius 2 is 1.93 bits per heavy atom. The van der Waals surface area contributed by atoms with Crippen LogP contribution in [-0.4, -0.2) is 43.5 Å². The molecule has 15 heavy (non-hydrogen) atoms. The molecule has 0 spiro atoms. The highest BCUT2D eigenvalue weighted by atomic mass is 16.8. The number of hydrogen-bond donors (Lipinski definition) is 0. The van der Waals surface area contributed by atoms with Crippen LogP contribution in [0, 0.1) is 0 Å². The Morgan fingerprint density at radius 1 is 1.33 bits per heavy atom. The van der Waals surface area contributed by atoms with E-state index in [2.05, 4.69) is 0 Å². The quantitative estimate of drug-likeness (QED) is 0.567. The summed E-state index contributed by atoms with van der Waals surface area (Å²) in [7, 11) is 1.42. The van der Waals surface area contributed by atoms with Crippen molar-refractivity contribution in [1.82, 2.24) is 0 Å². The molecule has 86 valence electrons. The summed E-state index contributed by atoms with van der Waals surface area (Å²) in [5.41, 5.74) is 0. The molecule has 6 nitrogen and oxygen atoms in total. The van der Waals surface area contributed by atoms with Crippen LogP contribution in [0.1, 0.15) is 13.8 Å². The molecule has 0 bridgehead atoms. The average molecular weight is 217 g/mol. The van der Waals surface area contributed by atoms with Crippen molar-refractivity contribution >= 4 is 5.97 Å². The minimum absolute atomic E-state index is 0.520. The number of methoxy groups -OCH3 is 1. The van der Waals surface area contributed by atoms with E-state index >= 15 is 0 Å². The van der Waals surface area contributed by atoms with Gasteiger partial charge in [0.05, 0.1) is 5.97 Å². The number of fused-ring (bicyclic) bond motifs is 1. The largest absolute Gasteiger partial charge is 0.547 e. The van der Waals surface area contributed by atoms with E-state index in [0.29, 0.717) is 0 Å². The molecule has 0 unspecified atom stereocenters. The summed E-state index contributed by atoms with van der Waals surface area (Å²) < 4.78 is 21.0. The summed E-state index contributed by atoms with van der Waals surface area (Å²) in [5, 5.41) is 10.8. The second-order valence-electron chi connectivity index (χ2n) is 4.04. The number of hydrogen-bond acceptors (Lipinski definition) is 6. The van der Waals surface area contributed by atoms with Gasteiger partial charge in [-0.25, -0.2) is 0 Å². The lowest BCUT2D eigenvalue weighted by molar-refractivity contribution is -0.324. The molecule has 0 N–H and O–H groups in total. The molecular formula is C9H13O6-. The van der Waals surface area contributed by atoms with Gasteiger partial charge in [0.2, 0.25) is 0 Å². The summed E-state index contributed by atoms with van der Waals surface area (Å²) in [6, 6.07) is 0. The van der Waals surface area contributed by atoms with Crippen molar-refractivity contribution in [3.8, 4) is 0 Å². The maximum Gasteiger partial charge on any atom is 0.187 e. The van der Waals surface area contributed by atoms with Gasteiger partial charge in [-0.15, -0.1) is 0 Å². The first-order valence-corrected chi connectivity index (χ1v) is 4.69. The van der Waals surface area contributed by atoms with Crippen LogP contribution in [0.15, 0.2) is 0 Å². The van der Waals surface area contributed by atoms with Crippen LogP contribution in [0.2, 0.25) is 0 Å². The molecule has 2 aliphatic heterocycles. The van der Waals surface area contributed by atoms with Crippen LogP contribution < -0.4 is 5.11 Å². The summed E-state index contributed by atoms with van der Waals surface area (Å²) in [6.07, 6.45) is -3.05. The first kappa shape index (κ1) is 10.8. The van der Waals surface area contributed by atoms with Crippen LogP contribution in [-0.2, 0) is 23.7 Å². The molecular weight excluding hydrogens is 204 g/mol. The summed E-state index contributed by atoms with van der Waals surface area (Å²) in [4.78, 5) is 10.8. The first-order chi connectivity index (χ1) is 6.94. The number of carbonyl (C=O) groups is 1. The molecule has 0 saturated carbocycles. The van der Waals surface area contributed by atoms with Crippen molar-refractivity contribution in [2.45, 2.75) is 44.2 Å². The predicted octanol–water partition coefficient (Wildman–Crippen LogP) is -1.37. The SMILES string of the molecule is CO[C@@H]1O[C@H](C(=O)[O-])[C@H]2OC(C)(C)O[C@@H]12. The third-order valence-electron chi connectivity index (χ3n) is 2.48. The maximum atomic E-state index is 10.8. The van der Waals surface area contributed by atoms with E-state index < -0.39 is 36.4 Å². The van der Waals surface area contributed by atoms with Gasteiger partial charge in [-0.05, 0) is 13.8 Å². The van der Waals surface area contributed by atoms with Crippen LogP contribution >= 0.6 is 0 Å². The fraction of sp³-hybridized carbons (Fsp3) is 0.889. The van der Waals surface area contributed by atoms with Crippen LogP contribution in [0.4, 0.5) is 0 Å². The van der Waals surface area contributed by atoms with Gasteiger partial charge >= 0.3 is 0 Å². The zero-order valence-corrected chi connectivity index (χ0v) is 8.76. The highest BCUT2D eigenvalue weighted by molar-refractivity contribution is 5.71. The highest BCUT2D eigenvalue weighted by Crippen LogP contribution is 2.38. The van der Waals surface area contributed by atoms with Crippen LogP contribution in [0.3, 0.4) is 0 Å². The van der Waals surface area contributed by atoms with E-state index in [1.54, 1.807) is 13.8 Å². The van der Waals surface area contributed by atoms with Crippen molar-refractivity contribution in [3.05, 3.63) is 0 Å². The monoisotopic (exact) mass is 217 g/mol. The molecule has 2 heterocycles. The molecule has 2 saturated heterocycles. The molecule has 4 atom stereocenters. The molecule has 0 aromatic heterocycles. The minimum atomic E-state index is -1.31. The number of rotatable bonds is 2. The van der Waals surface area contributed by atoms with Crippen LogP contribution in [0.25, 0.3) is 0 Å². The molecule has 6 heteroatoms. The predicted molar refractivity (Wildman–Crippen MR) is 44.5 cm³/mol. The maximum absolute atomic E-state index is 10.8. The molecule has 0 aliphatic carbocycles. The summed E-state index contributed by atoms with van der Waals surface area (Å²) >= 11 is 0. The van der Waals surface area contributed by atoms with Crippen molar-refractivity contribution in [2.75, 3.05) is 7.11 Å². The second-order valence-corrected chi connectivity index (χ2v) is 4.04. The molecule has 0 aromatic rings. The van der Waals surface area contributed by atoms with Crippen molar-refractivity contribution < 1.29 is 28.8 Å². The zero-order valence-electron chi connectivity index (χ0n) is 8.76. The molecule has 2 aliphatic rings. The molecule has 0 radical (unpaired) electrons. The topological polar surface area (TPSA) is 77.1 Å². The van der Waals surface area contributed by atoms with Gasteiger partial charge in [0.25, 0.3) is 0 Å². The molecule has 2 fully saturated rings. The van der Waals surface area contributed by atoms with Crippen molar-refractivity contribution in [3.63, 3.8) is 0 Å². The van der Waals surface area contributed by atoms with E-state index in [1.165, 1.54) is 7.11 Å². The Hall–Kier alpha value is -0.690. The third kappa shape index (κ3) is 1.74. The average Bonchev–Trinajstić information content (AvgIpc) is 2.57. The number of carboxylic acids is 1. The second kappa shape index (κ2) is 3.41. The fourth-order valence-corrected chi connectivity index (χ4v) is 1.94. The number of aliphatic carboxylic acids is 1. The van der Waals surface area contributed by atoms with Gasteiger partial charge in [-0.3, -0.25) is 0 Å². The number of carbonyl (C=O) groups excluding carboxylic acids is 1. The van der Waals surface area contributed by atoms with Crippen molar-refractivity contribution in [2.24, 2.45) is 0 Å². The number of carboxylic acid groups (broad SMARTS) is 1. The standard InChI is InChI=1S/C9H14O6/c1-9(2)14-4-5(7(10)11)13-8(12-3)6(4)15-9/h4-6,8H,1-3H3,(H,10,11)/p-1/t4-,5+,6-,8-/m1/s1. The van der Waals surface area contributed by atoms with Gasteiger partial charge in [-0.2, -0.15) is 0 Å². The highest BCUT2D eigenvalue weighted by Gasteiger charge is 2.55. The van der Waals surface area contributed by atoms with E-state index in [-0.39, 0.29) is 0 Å². The lowest BCUT2D eigenvalue weighted by Crippen LogP contribution is -2.43. The Kier molecular flexibility index (Phi) is 2.46. The lowest BCUT2D eigenvalue weighted by Gasteiger charge is -2.23. The van der Waals surface area contributed by atoms with E-state index in [4.69, 9.17) is 18.9 Å². The van der Waals surface area contributed by atoms with Crippen molar-refractivity contribution in [1.29, 1.82) is 0 Å². The Bertz CT molecular complexity index is 276. The zero-order chi connectivity index (χ0) is 11.2. The van der Waals surface area contributed by atoms with Gasteiger partial charge in [-0.1, -0.05) is 0 Å². The minimum Gasteiger partial charge on any atom is -0.547 e. The van der Waals surface area contributed by atoms with Gasteiger partial charge in [0.1, 0.15) is 18.3 Å². The fourth-order valence-electron chi connectivity index (χ4n) is 1.94. The Labute approximate surface area is 87.1 Å². The van der Waals surface area contributed by atoms with Crippen LogP contribution in [0.5, 0.6) is 0 Å². The van der Waals surface area contributed by atoms with E-state index in [0.717, 1.165) is 0 Å². The van der Waals surface area contributed by atoms with E-state index in [1.807, 2.05) is 0 Å². The van der Waals surface area contributed by atoms with Gasteiger partial charge in [0.15, 0.2) is 12.1 Å². The summed E-state index contributed by atoms with van der Waals surface area (Å²) in [5.74, 6) is -2.13. The first-order valence-electron chi connectivity index (χ1n) is 4.69. The Morgan fingerprint density at radius 3 is 2.47 bits per heavy atom. The third-order valence-corrected chi connectivity index (χ3v) is 2.48. The normalized spacial score (nSPS) is 42.9. The van der Waals surface area contributed by atoms with Gasteiger partial charge < -0.3 is 28.8 Å². The Balaban J connectivity index is 2.19. The van der Waals surface area contributed by atoms with E-state index in [9.17, 15) is 9.90 Å². The molecule has 0 aromatic carbocycles. The lowest BCUT2D eigenvalue weighted by atomic mass is 10.1. The summed E-state index contributed by atoms with van der Waals surface area (Å²) in [6.45, 7) is 3.43.